The molecular formula is C33H28N6O. The molecule has 196 valence electrons. The first-order chi connectivity index (χ1) is 19.7. The Balaban J connectivity index is 1.11. The number of imidazole rings is 1. The number of fused-ring (bicyclic) bond motifs is 2. The van der Waals surface area contributed by atoms with Gasteiger partial charge in [-0.2, -0.15) is 0 Å². The summed E-state index contributed by atoms with van der Waals surface area (Å²) in [5.74, 6) is 1.00. The zero-order chi connectivity index (χ0) is 26.9. The van der Waals surface area contributed by atoms with Gasteiger partial charge >= 0.3 is 0 Å². The highest BCUT2D eigenvalue weighted by molar-refractivity contribution is 5.94. The number of nitrogens with one attached hydrogen (secondary N) is 1. The predicted octanol–water partition coefficient (Wildman–Crippen LogP) is 6.87. The van der Waals surface area contributed by atoms with Crippen molar-refractivity contribution in [1.82, 2.24) is 24.4 Å². The summed E-state index contributed by atoms with van der Waals surface area (Å²) in [4.78, 5) is 29.1. The quantitative estimate of drug-likeness (QED) is 0.266. The van der Waals surface area contributed by atoms with Gasteiger partial charge in [0.1, 0.15) is 5.82 Å². The summed E-state index contributed by atoms with van der Waals surface area (Å²) >= 11 is 0. The summed E-state index contributed by atoms with van der Waals surface area (Å²) in [5, 5.41) is 4.43. The third-order valence-electron chi connectivity index (χ3n) is 7.66. The summed E-state index contributed by atoms with van der Waals surface area (Å²) in [6, 6.07) is 30.4. The second kappa shape index (κ2) is 10.3. The molecule has 1 aliphatic heterocycles. The average Bonchev–Trinajstić information content (AvgIpc) is 3.41. The van der Waals surface area contributed by atoms with E-state index in [1.54, 1.807) is 12.4 Å². The molecule has 0 atom stereocenters. The molecule has 1 saturated heterocycles. The lowest BCUT2D eigenvalue weighted by Gasteiger charge is -2.33. The molecule has 7 rings (SSSR count). The van der Waals surface area contributed by atoms with Crippen LogP contribution in [0.1, 0.15) is 29.2 Å². The Morgan fingerprint density at radius 2 is 1.50 bits per heavy atom. The van der Waals surface area contributed by atoms with Crippen LogP contribution in [-0.4, -0.2) is 43.4 Å². The largest absolute Gasteiger partial charge is 0.355 e. The Kier molecular flexibility index (Phi) is 6.17. The van der Waals surface area contributed by atoms with E-state index in [4.69, 9.17) is 9.97 Å². The number of aromatic nitrogens is 4. The van der Waals surface area contributed by atoms with Crippen molar-refractivity contribution in [3.05, 3.63) is 115 Å². The number of pyridine rings is 2. The fourth-order valence-electron chi connectivity index (χ4n) is 5.62. The molecule has 1 N–H and O–H groups in total. The molecule has 7 nitrogen and oxygen atoms in total. The molecule has 3 aromatic heterocycles. The molecule has 0 unspecified atom stereocenters. The van der Waals surface area contributed by atoms with Gasteiger partial charge in [0.2, 0.25) is 0 Å². The molecule has 3 aromatic carbocycles. The topological polar surface area (TPSA) is 75.9 Å². The average molecular weight is 525 g/mol. The number of benzene rings is 3. The van der Waals surface area contributed by atoms with Crippen LogP contribution in [0.25, 0.3) is 33.3 Å². The maximum absolute atomic E-state index is 13.4. The summed E-state index contributed by atoms with van der Waals surface area (Å²) in [6.07, 6.45) is 7.14. The number of carbonyl (C=O) groups is 1. The minimum atomic E-state index is 0.0725. The molecule has 1 amide bonds. The van der Waals surface area contributed by atoms with E-state index >= 15 is 0 Å². The highest BCUT2D eigenvalue weighted by Gasteiger charge is 2.28. The lowest BCUT2D eigenvalue weighted by Crippen LogP contribution is -2.39. The minimum absolute atomic E-state index is 0.0725. The third kappa shape index (κ3) is 4.56. The van der Waals surface area contributed by atoms with Gasteiger partial charge < -0.3 is 14.8 Å². The molecule has 6 aromatic rings. The van der Waals surface area contributed by atoms with Crippen LogP contribution in [0.5, 0.6) is 0 Å². The molecule has 7 heteroatoms. The van der Waals surface area contributed by atoms with Gasteiger partial charge in [0.25, 0.3) is 5.91 Å². The number of anilines is 2. The van der Waals surface area contributed by atoms with Crippen LogP contribution >= 0.6 is 0 Å². The van der Waals surface area contributed by atoms with Crippen molar-refractivity contribution in [2.75, 3.05) is 18.4 Å². The lowest BCUT2D eigenvalue weighted by molar-refractivity contribution is 0.0696. The van der Waals surface area contributed by atoms with Gasteiger partial charge in [-0.1, -0.05) is 30.3 Å². The normalized spacial score (nSPS) is 14.1. The van der Waals surface area contributed by atoms with E-state index in [0.717, 1.165) is 57.5 Å². The van der Waals surface area contributed by atoms with Crippen LogP contribution in [0.4, 0.5) is 11.4 Å². The van der Waals surface area contributed by atoms with Gasteiger partial charge in [-0.3, -0.25) is 14.8 Å². The van der Waals surface area contributed by atoms with Crippen molar-refractivity contribution in [1.29, 1.82) is 0 Å². The fourth-order valence-corrected chi connectivity index (χ4v) is 5.62. The second-order valence-electron chi connectivity index (χ2n) is 10.2. The first kappa shape index (κ1) is 24.0. The smallest absolute Gasteiger partial charge is 0.253 e. The second-order valence-corrected chi connectivity index (χ2v) is 10.2. The van der Waals surface area contributed by atoms with Crippen molar-refractivity contribution < 1.29 is 4.79 Å². The molecule has 0 aliphatic carbocycles. The van der Waals surface area contributed by atoms with Gasteiger partial charge in [-0.15, -0.1) is 0 Å². The van der Waals surface area contributed by atoms with Gasteiger partial charge in [0, 0.05) is 65.6 Å². The molecule has 40 heavy (non-hydrogen) atoms. The van der Waals surface area contributed by atoms with Crippen LogP contribution < -0.4 is 5.32 Å². The number of nitrogens with zero attached hydrogens (tertiary/aromatic N) is 5. The summed E-state index contributed by atoms with van der Waals surface area (Å²) in [7, 11) is 0. The predicted molar refractivity (Wildman–Crippen MR) is 159 cm³/mol. The minimum Gasteiger partial charge on any atom is -0.355 e. The molecule has 0 bridgehead atoms. The third-order valence-corrected chi connectivity index (χ3v) is 7.66. The van der Waals surface area contributed by atoms with E-state index in [-0.39, 0.29) is 11.9 Å². The number of amides is 1. The van der Waals surface area contributed by atoms with Gasteiger partial charge in [0.05, 0.1) is 16.6 Å². The van der Waals surface area contributed by atoms with Gasteiger partial charge in [-0.05, 0) is 73.5 Å². The van der Waals surface area contributed by atoms with Crippen molar-refractivity contribution in [3.63, 3.8) is 0 Å². The number of piperidine rings is 1. The molecule has 1 aliphatic rings. The molecule has 0 spiro atoms. The van der Waals surface area contributed by atoms with Crippen molar-refractivity contribution in [2.24, 2.45) is 0 Å². The van der Waals surface area contributed by atoms with Gasteiger partial charge in [-0.25, -0.2) is 4.98 Å². The van der Waals surface area contributed by atoms with Crippen molar-refractivity contribution >= 4 is 39.2 Å². The molecule has 1 fully saturated rings. The zero-order valence-electron chi connectivity index (χ0n) is 21.9. The van der Waals surface area contributed by atoms with Crippen molar-refractivity contribution in [3.8, 4) is 11.4 Å². The van der Waals surface area contributed by atoms with Crippen LogP contribution in [0, 0.1) is 0 Å². The van der Waals surface area contributed by atoms with E-state index in [1.165, 1.54) is 0 Å². The molecule has 0 saturated carbocycles. The first-order valence-electron chi connectivity index (χ1n) is 13.6. The van der Waals surface area contributed by atoms with E-state index in [0.29, 0.717) is 18.7 Å². The Bertz CT molecular complexity index is 1800. The van der Waals surface area contributed by atoms with Crippen LogP contribution in [-0.2, 0) is 0 Å². The van der Waals surface area contributed by atoms with Crippen LogP contribution in [0.15, 0.2) is 110 Å². The lowest BCUT2D eigenvalue weighted by atomic mass is 10.0. The maximum Gasteiger partial charge on any atom is 0.253 e. The number of rotatable bonds is 5. The number of hydrogen-bond donors (Lipinski definition) is 1. The SMILES string of the molecule is O=C(c1ccc(Nc2ccncc2)cc1)N1CCC(n2c(-c3cnc4ccccc4c3)nc3ccccc32)CC1. The fraction of sp³-hybridized carbons (Fsp3) is 0.152. The highest BCUT2D eigenvalue weighted by atomic mass is 16.2. The zero-order valence-corrected chi connectivity index (χ0v) is 21.9. The highest BCUT2D eigenvalue weighted by Crippen LogP contribution is 2.34. The number of hydrogen-bond acceptors (Lipinski definition) is 5. The Morgan fingerprint density at radius 3 is 2.30 bits per heavy atom. The number of likely N-dealkylation sites (tertiary alicyclic amines) is 1. The first-order valence-corrected chi connectivity index (χ1v) is 13.6. The number of carbonyl (C=O) groups excluding carboxylic acids is 1. The maximum atomic E-state index is 13.4. The van der Waals surface area contributed by atoms with E-state index in [1.807, 2.05) is 71.8 Å². The summed E-state index contributed by atoms with van der Waals surface area (Å²) in [6.45, 7) is 1.39. The monoisotopic (exact) mass is 524 g/mol. The van der Waals surface area contributed by atoms with E-state index in [2.05, 4.69) is 45.2 Å². The van der Waals surface area contributed by atoms with Gasteiger partial charge in [0.15, 0.2) is 0 Å². The van der Waals surface area contributed by atoms with E-state index < -0.39 is 0 Å². The Morgan fingerprint density at radius 1 is 0.800 bits per heavy atom. The van der Waals surface area contributed by atoms with E-state index in [9.17, 15) is 4.79 Å². The van der Waals surface area contributed by atoms with Crippen LogP contribution in [0.2, 0.25) is 0 Å². The molecular weight excluding hydrogens is 496 g/mol. The summed E-state index contributed by atoms with van der Waals surface area (Å²) < 4.78 is 2.36. The standard InChI is InChI=1S/C33H28N6O/c40-33(23-9-11-26(12-10-23)36-27-13-17-34-18-14-27)38-19-15-28(16-20-38)39-31-8-4-3-7-30(31)37-32(39)25-21-24-5-1-2-6-29(24)35-22-25/h1-14,17-18,21-22,28H,15-16,19-20H2,(H,34,36). The molecule has 0 radical (unpaired) electrons. The van der Waals surface area contributed by atoms with Crippen molar-refractivity contribution in [2.45, 2.75) is 18.9 Å². The number of para-hydroxylation sites is 3. The summed E-state index contributed by atoms with van der Waals surface area (Å²) in [5.41, 5.74) is 6.68. The Hall–Kier alpha value is -5.04. The Labute approximate surface area is 232 Å². The van der Waals surface area contributed by atoms with Crippen LogP contribution in [0.3, 0.4) is 0 Å². The molecule has 4 heterocycles.